The molecule has 0 bridgehead atoms. The third-order valence-electron chi connectivity index (χ3n) is 3.75. The van der Waals surface area contributed by atoms with Crippen molar-refractivity contribution in [2.75, 3.05) is 7.05 Å². The first-order chi connectivity index (χ1) is 10.0. The normalized spacial score (nSPS) is 12.7. The van der Waals surface area contributed by atoms with Crippen molar-refractivity contribution in [1.29, 1.82) is 0 Å². The highest BCUT2D eigenvalue weighted by Gasteiger charge is 2.17. The molecular formula is C19H24FN. The van der Waals surface area contributed by atoms with Gasteiger partial charge in [0.2, 0.25) is 0 Å². The molecule has 0 amide bonds. The fourth-order valence-corrected chi connectivity index (χ4v) is 2.77. The minimum absolute atomic E-state index is 0.114. The Morgan fingerprint density at radius 3 is 2.48 bits per heavy atom. The molecule has 0 aliphatic carbocycles. The quantitative estimate of drug-likeness (QED) is 0.843. The monoisotopic (exact) mass is 285 g/mol. The van der Waals surface area contributed by atoms with Gasteiger partial charge in [-0.05, 0) is 43.0 Å². The minimum Gasteiger partial charge on any atom is -0.309 e. The van der Waals surface area contributed by atoms with Crippen LogP contribution in [0.25, 0.3) is 0 Å². The van der Waals surface area contributed by atoms with Crippen molar-refractivity contribution >= 4 is 0 Å². The third kappa shape index (κ3) is 3.70. The SMILES string of the molecule is CNC(c1cccc(CC(C)C)c1)c1cccc(C)c1F. The lowest BCUT2D eigenvalue weighted by Crippen LogP contribution is -2.19. The van der Waals surface area contributed by atoms with Gasteiger partial charge < -0.3 is 5.32 Å². The molecule has 2 aromatic carbocycles. The molecule has 0 heterocycles. The zero-order chi connectivity index (χ0) is 15.4. The molecule has 112 valence electrons. The maximum Gasteiger partial charge on any atom is 0.131 e. The van der Waals surface area contributed by atoms with Crippen LogP contribution in [0.1, 0.15) is 42.1 Å². The van der Waals surface area contributed by atoms with Gasteiger partial charge in [-0.2, -0.15) is 0 Å². The van der Waals surface area contributed by atoms with Crippen LogP contribution in [-0.2, 0) is 6.42 Å². The van der Waals surface area contributed by atoms with E-state index >= 15 is 0 Å². The molecule has 0 aliphatic heterocycles. The first kappa shape index (κ1) is 15.7. The molecule has 0 saturated carbocycles. The van der Waals surface area contributed by atoms with Crippen LogP contribution in [-0.4, -0.2) is 7.05 Å². The molecule has 1 unspecified atom stereocenters. The van der Waals surface area contributed by atoms with E-state index < -0.39 is 0 Å². The number of aryl methyl sites for hydroxylation is 1. The predicted octanol–water partition coefficient (Wildman–Crippen LogP) is 4.64. The zero-order valence-electron chi connectivity index (χ0n) is 13.3. The molecule has 1 N–H and O–H groups in total. The van der Waals surface area contributed by atoms with Gasteiger partial charge in [-0.15, -0.1) is 0 Å². The van der Waals surface area contributed by atoms with Crippen LogP contribution in [0.2, 0.25) is 0 Å². The van der Waals surface area contributed by atoms with Crippen molar-refractivity contribution in [2.45, 2.75) is 33.2 Å². The average Bonchev–Trinajstić information content (AvgIpc) is 2.44. The van der Waals surface area contributed by atoms with E-state index in [1.807, 2.05) is 19.2 Å². The fraction of sp³-hybridized carbons (Fsp3) is 0.368. The van der Waals surface area contributed by atoms with E-state index in [0.717, 1.165) is 12.0 Å². The molecule has 2 rings (SSSR count). The van der Waals surface area contributed by atoms with Crippen molar-refractivity contribution < 1.29 is 4.39 Å². The Hall–Kier alpha value is -1.67. The van der Waals surface area contributed by atoms with Gasteiger partial charge in [-0.25, -0.2) is 4.39 Å². The number of nitrogens with one attached hydrogen (secondary N) is 1. The van der Waals surface area contributed by atoms with Gasteiger partial charge in [0.25, 0.3) is 0 Å². The molecule has 0 radical (unpaired) electrons. The van der Waals surface area contributed by atoms with Gasteiger partial charge in [-0.1, -0.05) is 56.3 Å². The van der Waals surface area contributed by atoms with Crippen molar-refractivity contribution in [2.24, 2.45) is 5.92 Å². The number of hydrogen-bond acceptors (Lipinski definition) is 1. The molecule has 2 aromatic rings. The Morgan fingerprint density at radius 1 is 1.10 bits per heavy atom. The second-order valence-electron chi connectivity index (χ2n) is 6.04. The summed E-state index contributed by atoms with van der Waals surface area (Å²) in [4.78, 5) is 0. The summed E-state index contributed by atoms with van der Waals surface area (Å²) in [5, 5.41) is 3.24. The molecule has 0 aliphatic rings. The highest BCUT2D eigenvalue weighted by atomic mass is 19.1. The topological polar surface area (TPSA) is 12.0 Å². The van der Waals surface area contributed by atoms with Crippen LogP contribution in [0.5, 0.6) is 0 Å². The number of rotatable bonds is 5. The van der Waals surface area contributed by atoms with Gasteiger partial charge in [0.05, 0.1) is 6.04 Å². The molecule has 2 heteroatoms. The summed E-state index contributed by atoms with van der Waals surface area (Å²) in [6.07, 6.45) is 1.04. The second-order valence-corrected chi connectivity index (χ2v) is 6.04. The lowest BCUT2D eigenvalue weighted by Gasteiger charge is -2.20. The summed E-state index contributed by atoms with van der Waals surface area (Å²) in [6.45, 7) is 6.23. The molecule has 0 saturated heterocycles. The standard InChI is InChI=1S/C19H24FN/c1-13(2)11-15-8-6-9-16(12-15)19(21-4)17-10-5-7-14(3)18(17)20/h5-10,12-13,19,21H,11H2,1-4H3. The van der Waals surface area contributed by atoms with Crippen LogP contribution >= 0.6 is 0 Å². The Kier molecular flexibility index (Phi) is 5.13. The van der Waals surface area contributed by atoms with E-state index in [0.29, 0.717) is 17.0 Å². The summed E-state index contributed by atoms with van der Waals surface area (Å²) < 4.78 is 14.4. The van der Waals surface area contributed by atoms with Crippen LogP contribution in [0, 0.1) is 18.7 Å². The summed E-state index contributed by atoms with van der Waals surface area (Å²) in [5.41, 5.74) is 3.81. The summed E-state index contributed by atoms with van der Waals surface area (Å²) in [6, 6.07) is 13.9. The predicted molar refractivity (Wildman–Crippen MR) is 87.0 cm³/mol. The molecule has 21 heavy (non-hydrogen) atoms. The van der Waals surface area contributed by atoms with E-state index in [1.165, 1.54) is 5.56 Å². The van der Waals surface area contributed by atoms with Crippen molar-refractivity contribution in [1.82, 2.24) is 5.32 Å². The Morgan fingerprint density at radius 2 is 1.81 bits per heavy atom. The van der Waals surface area contributed by atoms with Gasteiger partial charge in [0, 0.05) is 5.56 Å². The summed E-state index contributed by atoms with van der Waals surface area (Å²) in [7, 11) is 1.88. The number of benzene rings is 2. The minimum atomic E-state index is -0.119. The largest absolute Gasteiger partial charge is 0.309 e. The van der Waals surface area contributed by atoms with E-state index in [4.69, 9.17) is 0 Å². The van der Waals surface area contributed by atoms with Gasteiger partial charge in [-0.3, -0.25) is 0 Å². The third-order valence-corrected chi connectivity index (χ3v) is 3.75. The lowest BCUT2D eigenvalue weighted by molar-refractivity contribution is 0.568. The van der Waals surface area contributed by atoms with Crippen molar-refractivity contribution in [3.63, 3.8) is 0 Å². The lowest BCUT2D eigenvalue weighted by atomic mass is 9.93. The Labute approximate surface area is 127 Å². The highest BCUT2D eigenvalue weighted by Crippen LogP contribution is 2.26. The average molecular weight is 285 g/mol. The Balaban J connectivity index is 2.39. The van der Waals surface area contributed by atoms with Gasteiger partial charge in [0.15, 0.2) is 0 Å². The summed E-state index contributed by atoms with van der Waals surface area (Å²) >= 11 is 0. The van der Waals surface area contributed by atoms with E-state index in [-0.39, 0.29) is 11.9 Å². The first-order valence-corrected chi connectivity index (χ1v) is 7.54. The number of hydrogen-bond donors (Lipinski definition) is 1. The van der Waals surface area contributed by atoms with Crippen LogP contribution in [0.4, 0.5) is 4.39 Å². The molecule has 1 nitrogen and oxygen atoms in total. The molecule has 0 spiro atoms. The fourth-order valence-electron chi connectivity index (χ4n) is 2.77. The molecule has 1 atom stereocenters. The van der Waals surface area contributed by atoms with Crippen molar-refractivity contribution in [3.8, 4) is 0 Å². The van der Waals surface area contributed by atoms with E-state index in [2.05, 4.69) is 43.4 Å². The van der Waals surface area contributed by atoms with Crippen LogP contribution in [0.15, 0.2) is 42.5 Å². The van der Waals surface area contributed by atoms with E-state index in [1.54, 1.807) is 13.0 Å². The summed E-state index contributed by atoms with van der Waals surface area (Å²) in [5.74, 6) is 0.495. The maximum absolute atomic E-state index is 14.4. The van der Waals surface area contributed by atoms with E-state index in [9.17, 15) is 4.39 Å². The zero-order valence-corrected chi connectivity index (χ0v) is 13.3. The highest BCUT2D eigenvalue weighted by molar-refractivity contribution is 5.37. The Bertz CT molecular complexity index is 604. The maximum atomic E-state index is 14.4. The molecule has 0 fully saturated rings. The van der Waals surface area contributed by atoms with Crippen LogP contribution in [0.3, 0.4) is 0 Å². The van der Waals surface area contributed by atoms with Crippen LogP contribution < -0.4 is 5.32 Å². The first-order valence-electron chi connectivity index (χ1n) is 7.54. The second kappa shape index (κ2) is 6.86. The number of halogens is 1. The van der Waals surface area contributed by atoms with Crippen molar-refractivity contribution in [3.05, 3.63) is 70.5 Å². The van der Waals surface area contributed by atoms with Gasteiger partial charge in [0.1, 0.15) is 5.82 Å². The smallest absolute Gasteiger partial charge is 0.131 e. The van der Waals surface area contributed by atoms with Gasteiger partial charge >= 0.3 is 0 Å². The molecular weight excluding hydrogens is 261 g/mol. The molecule has 0 aromatic heterocycles.